The van der Waals surface area contributed by atoms with Crippen LogP contribution >= 0.6 is 0 Å². The maximum absolute atomic E-state index is 13.9. The average Bonchev–Trinajstić information content (AvgIpc) is 3.31. The highest BCUT2D eigenvalue weighted by atomic mass is 19.1. The van der Waals surface area contributed by atoms with Crippen LogP contribution in [0.5, 0.6) is 11.5 Å². The van der Waals surface area contributed by atoms with Gasteiger partial charge in [0.25, 0.3) is 0 Å². The van der Waals surface area contributed by atoms with Gasteiger partial charge in [0.15, 0.2) is 5.78 Å². The molecule has 0 amide bonds. The molecule has 0 N–H and O–H groups in total. The van der Waals surface area contributed by atoms with Crippen LogP contribution in [0.3, 0.4) is 0 Å². The van der Waals surface area contributed by atoms with E-state index in [0.717, 1.165) is 18.6 Å². The lowest BCUT2D eigenvalue weighted by Gasteiger charge is -2.09. The molecule has 1 fully saturated rings. The number of ketones is 1. The van der Waals surface area contributed by atoms with Crippen LogP contribution in [0.1, 0.15) is 28.8 Å². The molecule has 0 aliphatic heterocycles. The van der Waals surface area contributed by atoms with E-state index in [1.807, 2.05) is 0 Å². The van der Waals surface area contributed by atoms with Gasteiger partial charge in [-0.1, -0.05) is 6.07 Å². The molecule has 0 saturated heterocycles. The fourth-order valence-electron chi connectivity index (χ4n) is 2.10. The summed E-state index contributed by atoms with van der Waals surface area (Å²) in [4.78, 5) is 12.4. The van der Waals surface area contributed by atoms with Crippen LogP contribution in [0, 0.1) is 5.82 Å². The summed E-state index contributed by atoms with van der Waals surface area (Å²) in [6.45, 7) is 0. The summed E-state index contributed by atoms with van der Waals surface area (Å²) in [7, 11) is 1.41. The van der Waals surface area contributed by atoms with E-state index in [0.29, 0.717) is 11.7 Å². The van der Waals surface area contributed by atoms with Gasteiger partial charge in [-0.15, -0.1) is 0 Å². The molecule has 1 saturated carbocycles. The molecule has 0 radical (unpaired) electrons. The number of hydrogen-bond donors (Lipinski definition) is 0. The van der Waals surface area contributed by atoms with E-state index < -0.39 is 11.6 Å². The van der Waals surface area contributed by atoms with E-state index in [-0.39, 0.29) is 11.3 Å². The van der Waals surface area contributed by atoms with Crippen molar-refractivity contribution in [2.24, 2.45) is 0 Å². The van der Waals surface area contributed by atoms with Crippen LogP contribution in [-0.2, 0) is 0 Å². The van der Waals surface area contributed by atoms with Crippen molar-refractivity contribution in [1.82, 2.24) is 0 Å². The largest absolute Gasteiger partial charge is 0.496 e. The number of ether oxygens (including phenoxy) is 2. The van der Waals surface area contributed by atoms with Crippen molar-refractivity contribution >= 4 is 5.78 Å². The van der Waals surface area contributed by atoms with Gasteiger partial charge in [0.2, 0.25) is 0 Å². The Morgan fingerprint density at radius 2 is 1.86 bits per heavy atom. The quantitative estimate of drug-likeness (QED) is 0.788. The molecule has 0 spiro atoms. The predicted molar refractivity (Wildman–Crippen MR) is 76.5 cm³/mol. The van der Waals surface area contributed by atoms with E-state index in [1.165, 1.54) is 19.2 Å². The first-order valence-electron chi connectivity index (χ1n) is 6.83. The highest BCUT2D eigenvalue weighted by Crippen LogP contribution is 2.28. The number of carbonyl (C=O) groups is 1. The highest BCUT2D eigenvalue weighted by Gasteiger charge is 2.24. The van der Waals surface area contributed by atoms with Crippen molar-refractivity contribution in [3.63, 3.8) is 0 Å². The fourth-order valence-corrected chi connectivity index (χ4v) is 2.10. The van der Waals surface area contributed by atoms with Gasteiger partial charge in [-0.05, 0) is 49.2 Å². The lowest BCUT2D eigenvalue weighted by Crippen LogP contribution is -2.07. The summed E-state index contributed by atoms with van der Waals surface area (Å²) >= 11 is 0. The minimum atomic E-state index is -0.586. The van der Waals surface area contributed by atoms with Gasteiger partial charge < -0.3 is 9.47 Å². The van der Waals surface area contributed by atoms with E-state index in [2.05, 4.69) is 0 Å². The first-order valence-corrected chi connectivity index (χ1v) is 6.83. The molecule has 0 unspecified atom stereocenters. The zero-order valence-electron chi connectivity index (χ0n) is 11.6. The fraction of sp³-hybridized carbons (Fsp3) is 0.235. The number of rotatable bonds is 5. The Labute approximate surface area is 122 Å². The minimum absolute atomic E-state index is 0.0455. The number of hydrogen-bond acceptors (Lipinski definition) is 3. The van der Waals surface area contributed by atoms with Crippen LogP contribution in [0.25, 0.3) is 0 Å². The van der Waals surface area contributed by atoms with Crippen LogP contribution in [0.15, 0.2) is 42.5 Å². The van der Waals surface area contributed by atoms with Crippen molar-refractivity contribution in [2.75, 3.05) is 7.11 Å². The summed E-state index contributed by atoms with van der Waals surface area (Å²) in [6.07, 6.45) is 2.46. The molecule has 0 bridgehead atoms. The van der Waals surface area contributed by atoms with Gasteiger partial charge in [0, 0.05) is 5.56 Å². The smallest absolute Gasteiger partial charge is 0.199 e. The summed E-state index contributed by atoms with van der Waals surface area (Å²) in [6, 6.07) is 11.1. The standard InChI is InChI=1S/C17H15FO3/c1-20-15-4-2-3-14(18)16(15)17(19)11-5-7-12(8-6-11)21-13-9-10-13/h2-8,13H,9-10H2,1H3. The molecule has 3 rings (SSSR count). The number of benzene rings is 2. The summed E-state index contributed by atoms with van der Waals surface area (Å²) in [5, 5.41) is 0. The average molecular weight is 286 g/mol. The zero-order valence-corrected chi connectivity index (χ0v) is 11.6. The van der Waals surface area contributed by atoms with Gasteiger partial charge in [0.1, 0.15) is 22.9 Å². The predicted octanol–water partition coefficient (Wildman–Crippen LogP) is 3.61. The van der Waals surface area contributed by atoms with Crippen molar-refractivity contribution in [3.8, 4) is 11.5 Å². The zero-order chi connectivity index (χ0) is 14.8. The molecular formula is C17H15FO3. The normalized spacial score (nSPS) is 13.8. The first-order chi connectivity index (χ1) is 10.2. The molecule has 1 aliphatic carbocycles. The van der Waals surface area contributed by atoms with Crippen LogP contribution < -0.4 is 9.47 Å². The molecule has 21 heavy (non-hydrogen) atoms. The highest BCUT2D eigenvalue weighted by molar-refractivity contribution is 6.10. The Morgan fingerprint density at radius 1 is 1.14 bits per heavy atom. The number of methoxy groups -OCH3 is 1. The summed E-state index contributed by atoms with van der Waals surface area (Å²) in [5.41, 5.74) is 0.359. The third-order valence-corrected chi connectivity index (χ3v) is 3.37. The first kappa shape index (κ1) is 13.6. The summed E-state index contributed by atoms with van der Waals surface area (Å²) in [5.74, 6) is -0.0200. The van der Waals surface area contributed by atoms with Gasteiger partial charge >= 0.3 is 0 Å². The van der Waals surface area contributed by atoms with E-state index in [9.17, 15) is 9.18 Å². The second-order valence-electron chi connectivity index (χ2n) is 4.99. The molecule has 0 aromatic heterocycles. The Bertz CT molecular complexity index is 660. The molecule has 1 aliphatic rings. The Balaban J connectivity index is 1.87. The Kier molecular flexibility index (Phi) is 3.60. The van der Waals surface area contributed by atoms with Crippen molar-refractivity contribution in [2.45, 2.75) is 18.9 Å². The Hall–Kier alpha value is -2.36. The van der Waals surface area contributed by atoms with Crippen LogP contribution in [0.4, 0.5) is 4.39 Å². The summed E-state index contributed by atoms with van der Waals surface area (Å²) < 4.78 is 24.6. The van der Waals surface area contributed by atoms with E-state index >= 15 is 0 Å². The van der Waals surface area contributed by atoms with E-state index in [1.54, 1.807) is 30.3 Å². The van der Waals surface area contributed by atoms with Crippen LogP contribution in [-0.4, -0.2) is 19.0 Å². The molecule has 2 aromatic carbocycles. The molecule has 2 aromatic rings. The maximum Gasteiger partial charge on any atom is 0.199 e. The van der Waals surface area contributed by atoms with E-state index in [4.69, 9.17) is 9.47 Å². The topological polar surface area (TPSA) is 35.5 Å². The third kappa shape index (κ3) is 2.89. The lowest BCUT2D eigenvalue weighted by atomic mass is 10.0. The van der Waals surface area contributed by atoms with Crippen molar-refractivity contribution in [3.05, 3.63) is 59.4 Å². The lowest BCUT2D eigenvalue weighted by molar-refractivity contribution is 0.103. The molecule has 0 atom stereocenters. The van der Waals surface area contributed by atoms with Crippen molar-refractivity contribution in [1.29, 1.82) is 0 Å². The second-order valence-corrected chi connectivity index (χ2v) is 4.99. The number of carbonyl (C=O) groups excluding carboxylic acids is 1. The van der Waals surface area contributed by atoms with Gasteiger partial charge in [0.05, 0.1) is 13.2 Å². The molecule has 4 heteroatoms. The molecule has 0 heterocycles. The Morgan fingerprint density at radius 3 is 2.48 bits per heavy atom. The monoisotopic (exact) mass is 286 g/mol. The molecule has 108 valence electrons. The molecule has 3 nitrogen and oxygen atoms in total. The van der Waals surface area contributed by atoms with Gasteiger partial charge in [-0.25, -0.2) is 4.39 Å². The third-order valence-electron chi connectivity index (χ3n) is 3.37. The van der Waals surface area contributed by atoms with Gasteiger partial charge in [-0.2, -0.15) is 0 Å². The minimum Gasteiger partial charge on any atom is -0.496 e. The van der Waals surface area contributed by atoms with Crippen molar-refractivity contribution < 1.29 is 18.7 Å². The van der Waals surface area contributed by atoms with Gasteiger partial charge in [-0.3, -0.25) is 4.79 Å². The SMILES string of the molecule is COc1cccc(F)c1C(=O)c1ccc(OC2CC2)cc1. The van der Waals surface area contributed by atoms with Crippen LogP contribution in [0.2, 0.25) is 0 Å². The maximum atomic E-state index is 13.9. The molecular weight excluding hydrogens is 271 g/mol. The second kappa shape index (κ2) is 5.56. The number of halogens is 1.